The van der Waals surface area contributed by atoms with Crippen molar-refractivity contribution in [2.75, 3.05) is 0 Å². The van der Waals surface area contributed by atoms with Crippen molar-refractivity contribution in [2.24, 2.45) is 0 Å². The summed E-state index contributed by atoms with van der Waals surface area (Å²) in [6.45, 7) is 0. The van der Waals surface area contributed by atoms with E-state index in [1.807, 2.05) is 0 Å². The molecule has 2 heterocycles. The lowest BCUT2D eigenvalue weighted by molar-refractivity contribution is -0.137. The van der Waals surface area contributed by atoms with Crippen molar-refractivity contribution in [1.29, 1.82) is 0 Å². The van der Waals surface area contributed by atoms with Crippen LogP contribution in [0.15, 0.2) is 28.6 Å². The SMILES string of the molecule is O=S(=O)(Cl)c1ccc(Cc2ncc(C(F)(F)F)cc2Cl)s1. The maximum absolute atomic E-state index is 12.5. The molecular weight excluding hydrogens is 370 g/mol. The molecule has 21 heavy (non-hydrogen) atoms. The van der Waals surface area contributed by atoms with Gasteiger partial charge in [0.25, 0.3) is 9.05 Å². The number of hydrogen-bond acceptors (Lipinski definition) is 4. The summed E-state index contributed by atoms with van der Waals surface area (Å²) in [7, 11) is 1.37. The summed E-state index contributed by atoms with van der Waals surface area (Å²) in [6.07, 6.45) is -3.71. The summed E-state index contributed by atoms with van der Waals surface area (Å²) in [4.78, 5) is 4.26. The molecule has 2 aromatic heterocycles. The number of alkyl halides is 3. The van der Waals surface area contributed by atoms with E-state index in [0.29, 0.717) is 11.1 Å². The van der Waals surface area contributed by atoms with Gasteiger partial charge in [-0.05, 0) is 18.2 Å². The second-order valence-corrected chi connectivity index (χ2v) is 8.35. The number of aromatic nitrogens is 1. The molecule has 0 saturated carbocycles. The first-order chi connectivity index (χ1) is 9.57. The summed E-state index contributed by atoms with van der Waals surface area (Å²) in [5.74, 6) is 0. The highest BCUT2D eigenvalue weighted by Gasteiger charge is 2.31. The van der Waals surface area contributed by atoms with Crippen LogP contribution in [0.4, 0.5) is 13.2 Å². The molecule has 0 fully saturated rings. The van der Waals surface area contributed by atoms with Crippen LogP contribution in [0.1, 0.15) is 16.1 Å². The second-order valence-electron chi connectivity index (χ2n) is 3.99. The summed E-state index contributed by atoms with van der Waals surface area (Å²) in [6, 6.07) is 3.62. The molecule has 0 spiro atoms. The third kappa shape index (κ3) is 4.09. The first kappa shape index (κ1) is 16.5. The fraction of sp³-hybridized carbons (Fsp3) is 0.182. The van der Waals surface area contributed by atoms with Crippen molar-refractivity contribution in [3.05, 3.63) is 45.6 Å². The Kier molecular flexibility index (Phi) is 4.53. The molecular formula is C11H6Cl2F3NO2S2. The molecule has 0 aromatic carbocycles. The average molecular weight is 376 g/mol. The predicted molar refractivity (Wildman–Crippen MR) is 74.4 cm³/mol. The zero-order chi connectivity index (χ0) is 15.8. The Labute approximate surface area is 131 Å². The number of thiophene rings is 1. The van der Waals surface area contributed by atoms with Gasteiger partial charge in [-0.3, -0.25) is 4.98 Å². The number of rotatable bonds is 3. The van der Waals surface area contributed by atoms with Gasteiger partial charge in [0.05, 0.1) is 16.3 Å². The van der Waals surface area contributed by atoms with Crippen LogP contribution in [-0.2, 0) is 21.6 Å². The number of halogens is 5. The highest BCUT2D eigenvalue weighted by Crippen LogP contribution is 2.32. The normalized spacial score (nSPS) is 12.6. The van der Waals surface area contributed by atoms with Gasteiger partial charge >= 0.3 is 6.18 Å². The van der Waals surface area contributed by atoms with Crippen LogP contribution in [0.25, 0.3) is 0 Å². The predicted octanol–water partition coefficient (Wildman–Crippen LogP) is 4.33. The van der Waals surface area contributed by atoms with Crippen LogP contribution in [0.3, 0.4) is 0 Å². The molecule has 0 atom stereocenters. The lowest BCUT2D eigenvalue weighted by Crippen LogP contribution is -2.06. The Hall–Kier alpha value is -0.830. The van der Waals surface area contributed by atoms with E-state index in [1.54, 1.807) is 0 Å². The van der Waals surface area contributed by atoms with Gasteiger partial charge in [-0.15, -0.1) is 11.3 Å². The third-order valence-electron chi connectivity index (χ3n) is 2.46. The topological polar surface area (TPSA) is 47.0 Å². The Morgan fingerprint density at radius 1 is 1.29 bits per heavy atom. The zero-order valence-electron chi connectivity index (χ0n) is 9.99. The minimum absolute atomic E-state index is 0.0396. The highest BCUT2D eigenvalue weighted by atomic mass is 35.7. The van der Waals surface area contributed by atoms with Gasteiger partial charge in [-0.25, -0.2) is 8.42 Å². The van der Waals surface area contributed by atoms with Crippen LogP contribution < -0.4 is 0 Å². The molecule has 2 rings (SSSR count). The van der Waals surface area contributed by atoms with Crippen LogP contribution in [-0.4, -0.2) is 13.4 Å². The second kappa shape index (κ2) is 5.75. The van der Waals surface area contributed by atoms with Gasteiger partial charge in [0, 0.05) is 28.2 Å². The summed E-state index contributed by atoms with van der Waals surface area (Å²) in [5, 5.41) is -0.131. The molecule has 0 N–H and O–H groups in total. The van der Waals surface area contributed by atoms with Gasteiger partial charge in [-0.1, -0.05) is 11.6 Å². The van der Waals surface area contributed by atoms with Crippen molar-refractivity contribution in [3.8, 4) is 0 Å². The van der Waals surface area contributed by atoms with E-state index in [-0.39, 0.29) is 21.3 Å². The van der Waals surface area contributed by atoms with E-state index in [2.05, 4.69) is 4.98 Å². The van der Waals surface area contributed by atoms with Gasteiger partial charge in [0.1, 0.15) is 4.21 Å². The molecule has 0 bridgehead atoms. The minimum atomic E-state index is -4.52. The maximum Gasteiger partial charge on any atom is 0.417 e. The fourth-order valence-corrected chi connectivity index (χ4v) is 3.86. The first-order valence-electron chi connectivity index (χ1n) is 5.32. The molecule has 10 heteroatoms. The first-order valence-corrected chi connectivity index (χ1v) is 8.83. The Bertz CT molecular complexity index is 772. The summed E-state index contributed by atoms with van der Waals surface area (Å²) < 4.78 is 59.7. The molecule has 0 aliphatic heterocycles. The van der Waals surface area contributed by atoms with Crippen molar-refractivity contribution >= 4 is 42.7 Å². The lowest BCUT2D eigenvalue weighted by atomic mass is 10.2. The molecule has 0 radical (unpaired) electrons. The molecule has 0 unspecified atom stereocenters. The Morgan fingerprint density at radius 3 is 2.43 bits per heavy atom. The molecule has 0 saturated heterocycles. The van der Waals surface area contributed by atoms with Crippen LogP contribution >= 0.6 is 33.6 Å². The maximum atomic E-state index is 12.5. The smallest absolute Gasteiger partial charge is 0.259 e. The van der Waals surface area contributed by atoms with Gasteiger partial charge in [0.2, 0.25) is 0 Å². The van der Waals surface area contributed by atoms with Gasteiger partial charge in [-0.2, -0.15) is 13.2 Å². The van der Waals surface area contributed by atoms with Crippen molar-refractivity contribution in [1.82, 2.24) is 4.98 Å². The summed E-state index contributed by atoms with van der Waals surface area (Å²) >= 11 is 6.69. The average Bonchev–Trinajstić information content (AvgIpc) is 2.78. The van der Waals surface area contributed by atoms with E-state index in [4.69, 9.17) is 22.3 Å². The molecule has 114 valence electrons. The molecule has 3 nitrogen and oxygen atoms in total. The molecule has 2 aromatic rings. The minimum Gasteiger partial charge on any atom is -0.259 e. The number of nitrogens with zero attached hydrogens (tertiary/aromatic N) is 1. The monoisotopic (exact) mass is 375 g/mol. The fourth-order valence-electron chi connectivity index (χ4n) is 1.50. The quantitative estimate of drug-likeness (QED) is 0.749. The molecule has 0 aliphatic rings. The van der Waals surface area contributed by atoms with E-state index in [1.165, 1.54) is 12.1 Å². The highest BCUT2D eigenvalue weighted by molar-refractivity contribution is 8.15. The standard InChI is InChI=1S/C11H6Cl2F3NO2S2/c12-8-3-6(11(14,15)16)5-17-9(8)4-7-1-2-10(20-7)21(13,18)19/h1-3,5H,4H2. The van der Waals surface area contributed by atoms with Crippen molar-refractivity contribution in [2.45, 2.75) is 16.8 Å². The lowest BCUT2D eigenvalue weighted by Gasteiger charge is -2.08. The Balaban J connectivity index is 2.27. The van der Waals surface area contributed by atoms with Crippen molar-refractivity contribution < 1.29 is 21.6 Å². The van der Waals surface area contributed by atoms with E-state index in [0.717, 1.165) is 17.4 Å². The van der Waals surface area contributed by atoms with Crippen molar-refractivity contribution in [3.63, 3.8) is 0 Å². The number of hydrogen-bond donors (Lipinski definition) is 0. The molecule has 0 aliphatic carbocycles. The summed E-state index contributed by atoms with van der Waals surface area (Å²) in [5.41, 5.74) is -0.712. The third-order valence-corrected chi connectivity index (χ3v) is 5.97. The van der Waals surface area contributed by atoms with Gasteiger partial charge in [0.15, 0.2) is 0 Å². The van der Waals surface area contributed by atoms with Crippen LogP contribution in [0.5, 0.6) is 0 Å². The molecule has 0 amide bonds. The zero-order valence-corrected chi connectivity index (χ0v) is 13.1. The van der Waals surface area contributed by atoms with E-state index < -0.39 is 20.8 Å². The van der Waals surface area contributed by atoms with Gasteiger partial charge < -0.3 is 0 Å². The van der Waals surface area contributed by atoms with E-state index in [9.17, 15) is 21.6 Å². The van der Waals surface area contributed by atoms with E-state index >= 15 is 0 Å². The van der Waals surface area contributed by atoms with Crippen LogP contribution in [0, 0.1) is 0 Å². The van der Waals surface area contributed by atoms with Crippen LogP contribution in [0.2, 0.25) is 5.02 Å². The Morgan fingerprint density at radius 2 is 1.95 bits per heavy atom. The number of pyridine rings is 1. The largest absolute Gasteiger partial charge is 0.417 e.